The van der Waals surface area contributed by atoms with E-state index in [2.05, 4.69) is 10.6 Å². The van der Waals surface area contributed by atoms with Gasteiger partial charge in [-0.2, -0.15) is 0 Å². The quantitative estimate of drug-likeness (QED) is 0.676. The molecule has 0 heterocycles. The molecule has 22 heavy (non-hydrogen) atoms. The predicted molar refractivity (Wildman–Crippen MR) is 86.2 cm³/mol. The van der Waals surface area contributed by atoms with Crippen molar-refractivity contribution in [2.75, 3.05) is 6.54 Å². The van der Waals surface area contributed by atoms with Crippen molar-refractivity contribution >= 4 is 29.2 Å². The van der Waals surface area contributed by atoms with Crippen molar-refractivity contribution < 1.29 is 15.0 Å². The second-order valence-electron chi connectivity index (χ2n) is 5.58. The van der Waals surface area contributed by atoms with E-state index in [9.17, 15) is 15.0 Å². The van der Waals surface area contributed by atoms with E-state index >= 15 is 0 Å². The molecule has 1 atom stereocenters. The number of rotatable bonds is 4. The summed E-state index contributed by atoms with van der Waals surface area (Å²) in [6.07, 6.45) is 1.80. The molecule has 0 aliphatic heterocycles. The van der Waals surface area contributed by atoms with Gasteiger partial charge < -0.3 is 20.8 Å². The molecule has 7 heteroatoms. The highest BCUT2D eigenvalue weighted by atomic mass is 35.5. The van der Waals surface area contributed by atoms with Gasteiger partial charge in [0, 0.05) is 22.6 Å². The van der Waals surface area contributed by atoms with Gasteiger partial charge in [0.05, 0.1) is 12.2 Å². The minimum atomic E-state index is -0.880. The lowest BCUT2D eigenvalue weighted by atomic mass is 9.93. The van der Waals surface area contributed by atoms with Gasteiger partial charge in [-0.05, 0) is 49.4 Å². The SMILES string of the molecule is O=C(NCC(O)c1cc(Cl)cc(Cl)c1)NC1CCC(O)CC1. The summed E-state index contributed by atoms with van der Waals surface area (Å²) in [5.41, 5.74) is 0.554. The van der Waals surface area contributed by atoms with Gasteiger partial charge in [0.2, 0.25) is 0 Å². The largest absolute Gasteiger partial charge is 0.393 e. The van der Waals surface area contributed by atoms with Crippen molar-refractivity contribution in [3.05, 3.63) is 33.8 Å². The van der Waals surface area contributed by atoms with Crippen LogP contribution in [0.25, 0.3) is 0 Å². The minimum Gasteiger partial charge on any atom is -0.393 e. The fraction of sp³-hybridized carbons (Fsp3) is 0.533. The van der Waals surface area contributed by atoms with E-state index in [-0.39, 0.29) is 24.7 Å². The van der Waals surface area contributed by atoms with Crippen LogP contribution in [0.15, 0.2) is 18.2 Å². The summed E-state index contributed by atoms with van der Waals surface area (Å²) in [5, 5.41) is 25.8. The van der Waals surface area contributed by atoms with Crippen molar-refractivity contribution in [3.63, 3.8) is 0 Å². The maximum Gasteiger partial charge on any atom is 0.315 e. The van der Waals surface area contributed by atoms with E-state index < -0.39 is 6.10 Å². The number of nitrogens with one attached hydrogen (secondary N) is 2. The molecular weight excluding hydrogens is 327 g/mol. The molecule has 122 valence electrons. The summed E-state index contributed by atoms with van der Waals surface area (Å²) in [6, 6.07) is 4.55. The number of halogens is 2. The molecule has 1 unspecified atom stereocenters. The van der Waals surface area contributed by atoms with E-state index in [4.69, 9.17) is 23.2 Å². The number of hydrogen-bond acceptors (Lipinski definition) is 3. The Morgan fingerprint density at radius 3 is 2.36 bits per heavy atom. The second-order valence-corrected chi connectivity index (χ2v) is 6.45. The third kappa shape index (κ3) is 5.32. The van der Waals surface area contributed by atoms with Crippen LogP contribution in [-0.4, -0.2) is 34.9 Å². The van der Waals surface area contributed by atoms with Crippen LogP contribution < -0.4 is 10.6 Å². The third-order valence-corrected chi connectivity index (χ3v) is 4.19. The van der Waals surface area contributed by atoms with Crippen LogP contribution in [0.1, 0.15) is 37.4 Å². The molecule has 1 saturated carbocycles. The molecule has 2 rings (SSSR count). The first-order valence-electron chi connectivity index (χ1n) is 7.30. The second kappa shape index (κ2) is 8.02. The Kier molecular flexibility index (Phi) is 6.32. The number of benzene rings is 1. The smallest absolute Gasteiger partial charge is 0.315 e. The van der Waals surface area contributed by atoms with E-state index in [1.165, 1.54) is 0 Å². The number of urea groups is 1. The standard InChI is InChI=1S/C15H20Cl2N2O3/c16-10-5-9(6-11(17)7-10)14(21)8-18-15(22)19-12-1-3-13(20)4-2-12/h5-7,12-14,20-21H,1-4,8H2,(H2,18,19,22). The number of hydrogen-bond donors (Lipinski definition) is 4. The fourth-order valence-corrected chi connectivity index (χ4v) is 3.07. The minimum absolute atomic E-state index is 0.0673. The van der Waals surface area contributed by atoms with Crippen LogP contribution in [-0.2, 0) is 0 Å². The van der Waals surface area contributed by atoms with Gasteiger partial charge >= 0.3 is 6.03 Å². The normalized spacial score (nSPS) is 22.9. The molecule has 1 aromatic rings. The maximum absolute atomic E-state index is 11.8. The molecule has 0 aromatic heterocycles. The summed E-state index contributed by atoms with van der Waals surface area (Å²) in [4.78, 5) is 11.8. The molecule has 1 aliphatic rings. The third-order valence-electron chi connectivity index (χ3n) is 3.76. The van der Waals surface area contributed by atoms with Crippen LogP contribution in [0, 0.1) is 0 Å². The van der Waals surface area contributed by atoms with Gasteiger partial charge in [0.1, 0.15) is 0 Å². The van der Waals surface area contributed by atoms with Gasteiger partial charge in [0.25, 0.3) is 0 Å². The van der Waals surface area contributed by atoms with Crippen molar-refractivity contribution in [1.82, 2.24) is 10.6 Å². The first-order chi connectivity index (χ1) is 10.4. The molecule has 0 spiro atoms. The van der Waals surface area contributed by atoms with E-state index in [1.54, 1.807) is 18.2 Å². The number of carbonyl (C=O) groups excluding carboxylic acids is 1. The Labute approximate surface area is 139 Å². The van der Waals surface area contributed by atoms with Crippen LogP contribution in [0.4, 0.5) is 4.79 Å². The monoisotopic (exact) mass is 346 g/mol. The Morgan fingerprint density at radius 1 is 1.18 bits per heavy atom. The predicted octanol–water partition coefficient (Wildman–Crippen LogP) is 2.63. The lowest BCUT2D eigenvalue weighted by Gasteiger charge is -2.26. The van der Waals surface area contributed by atoms with Crippen molar-refractivity contribution in [2.45, 2.75) is 43.9 Å². The van der Waals surface area contributed by atoms with Crippen LogP contribution in [0.5, 0.6) is 0 Å². The lowest BCUT2D eigenvalue weighted by molar-refractivity contribution is 0.117. The average Bonchev–Trinajstić information content (AvgIpc) is 2.46. The van der Waals surface area contributed by atoms with E-state index in [0.29, 0.717) is 28.5 Å². The van der Waals surface area contributed by atoms with Crippen molar-refractivity contribution in [3.8, 4) is 0 Å². The Morgan fingerprint density at radius 2 is 1.77 bits per heavy atom. The zero-order valence-corrected chi connectivity index (χ0v) is 13.6. The first kappa shape index (κ1) is 17.3. The highest BCUT2D eigenvalue weighted by Crippen LogP contribution is 2.23. The van der Waals surface area contributed by atoms with Crippen LogP contribution >= 0.6 is 23.2 Å². The summed E-state index contributed by atoms with van der Waals surface area (Å²) in [5.74, 6) is 0. The Hall–Kier alpha value is -1.01. The summed E-state index contributed by atoms with van der Waals surface area (Å²) >= 11 is 11.8. The summed E-state index contributed by atoms with van der Waals surface area (Å²) in [7, 11) is 0. The van der Waals surface area contributed by atoms with Crippen molar-refractivity contribution in [2.24, 2.45) is 0 Å². The van der Waals surface area contributed by atoms with Crippen LogP contribution in [0.2, 0.25) is 10.0 Å². The number of aliphatic hydroxyl groups excluding tert-OH is 2. The maximum atomic E-state index is 11.8. The first-order valence-corrected chi connectivity index (χ1v) is 8.06. The van der Waals surface area contributed by atoms with E-state index in [1.807, 2.05) is 0 Å². The topological polar surface area (TPSA) is 81.6 Å². The molecule has 2 amide bonds. The van der Waals surface area contributed by atoms with Crippen molar-refractivity contribution in [1.29, 1.82) is 0 Å². The number of aliphatic hydroxyl groups is 2. The molecule has 0 radical (unpaired) electrons. The van der Waals surface area contributed by atoms with Gasteiger partial charge in [-0.15, -0.1) is 0 Å². The highest BCUT2D eigenvalue weighted by Gasteiger charge is 2.21. The highest BCUT2D eigenvalue weighted by molar-refractivity contribution is 6.34. The van der Waals surface area contributed by atoms with Gasteiger partial charge in [-0.25, -0.2) is 4.79 Å². The fourth-order valence-electron chi connectivity index (χ4n) is 2.53. The lowest BCUT2D eigenvalue weighted by Crippen LogP contribution is -2.45. The Balaban J connectivity index is 1.78. The van der Waals surface area contributed by atoms with Gasteiger partial charge in [-0.1, -0.05) is 23.2 Å². The summed E-state index contributed by atoms with van der Waals surface area (Å²) in [6.45, 7) is 0.0673. The zero-order chi connectivity index (χ0) is 16.1. The van der Waals surface area contributed by atoms with Gasteiger partial charge in [0.15, 0.2) is 0 Å². The number of amides is 2. The van der Waals surface area contributed by atoms with E-state index in [0.717, 1.165) is 12.8 Å². The molecule has 1 fully saturated rings. The molecule has 0 saturated heterocycles. The molecule has 1 aromatic carbocycles. The molecular formula is C15H20Cl2N2O3. The Bertz CT molecular complexity index is 499. The van der Waals surface area contributed by atoms with Gasteiger partial charge in [-0.3, -0.25) is 0 Å². The molecule has 5 nitrogen and oxygen atoms in total. The molecule has 0 bridgehead atoms. The molecule has 1 aliphatic carbocycles. The summed E-state index contributed by atoms with van der Waals surface area (Å²) < 4.78 is 0. The zero-order valence-electron chi connectivity index (χ0n) is 12.1. The van der Waals surface area contributed by atoms with Crippen LogP contribution in [0.3, 0.4) is 0 Å². The molecule has 4 N–H and O–H groups in total. The average molecular weight is 347 g/mol. The number of carbonyl (C=O) groups is 1.